The molecular weight excluding hydrogens is 228 g/mol. The number of methoxy groups -OCH3 is 1. The summed E-state index contributed by atoms with van der Waals surface area (Å²) >= 11 is 5.81. The highest BCUT2D eigenvalue weighted by atomic mass is 35.5. The molecule has 1 aromatic rings. The van der Waals surface area contributed by atoms with Gasteiger partial charge in [0.25, 0.3) is 0 Å². The number of halogens is 1. The molecule has 0 fully saturated rings. The van der Waals surface area contributed by atoms with Gasteiger partial charge in [-0.2, -0.15) is 0 Å². The highest BCUT2D eigenvalue weighted by molar-refractivity contribution is 6.19. The fourth-order valence-corrected chi connectivity index (χ4v) is 1.76. The third-order valence-electron chi connectivity index (χ3n) is 2.24. The maximum absolute atomic E-state index is 11.7. The molecule has 0 aliphatic rings. The summed E-state index contributed by atoms with van der Waals surface area (Å²) in [4.78, 5) is 11.7. The summed E-state index contributed by atoms with van der Waals surface area (Å²) in [5, 5.41) is 0. The SMILES string of the molecule is CCOC(=O)C(CCl)c1ccccc1OC. The quantitative estimate of drug-likeness (QED) is 0.588. The van der Waals surface area contributed by atoms with Crippen molar-refractivity contribution >= 4 is 17.6 Å². The minimum Gasteiger partial charge on any atom is -0.496 e. The van der Waals surface area contributed by atoms with Crippen molar-refractivity contribution in [1.29, 1.82) is 0 Å². The number of ether oxygens (including phenoxy) is 2. The zero-order valence-electron chi connectivity index (χ0n) is 9.40. The summed E-state index contributed by atoms with van der Waals surface area (Å²) in [5.74, 6) is 0.0418. The number of alkyl halides is 1. The molecule has 1 unspecified atom stereocenters. The predicted octanol–water partition coefficient (Wildman–Crippen LogP) is 2.58. The first-order valence-corrected chi connectivity index (χ1v) is 5.63. The first-order chi connectivity index (χ1) is 7.74. The maximum atomic E-state index is 11.7. The second-order valence-corrected chi connectivity index (χ2v) is 3.51. The van der Waals surface area contributed by atoms with Crippen LogP contribution in [-0.2, 0) is 9.53 Å². The van der Waals surface area contributed by atoms with Gasteiger partial charge in [-0.05, 0) is 13.0 Å². The molecule has 0 spiro atoms. The molecule has 0 saturated heterocycles. The zero-order chi connectivity index (χ0) is 12.0. The van der Waals surface area contributed by atoms with Gasteiger partial charge in [0.15, 0.2) is 0 Å². The molecule has 0 aliphatic carbocycles. The van der Waals surface area contributed by atoms with Crippen LogP contribution in [-0.4, -0.2) is 25.6 Å². The van der Waals surface area contributed by atoms with Crippen molar-refractivity contribution in [3.05, 3.63) is 29.8 Å². The van der Waals surface area contributed by atoms with Crippen LogP contribution in [0.15, 0.2) is 24.3 Å². The molecule has 0 aromatic heterocycles. The van der Waals surface area contributed by atoms with E-state index in [9.17, 15) is 4.79 Å². The van der Waals surface area contributed by atoms with Crippen LogP contribution >= 0.6 is 11.6 Å². The van der Waals surface area contributed by atoms with Crippen LogP contribution in [0.25, 0.3) is 0 Å². The van der Waals surface area contributed by atoms with Crippen molar-refractivity contribution in [2.45, 2.75) is 12.8 Å². The molecular formula is C12H15ClO3. The van der Waals surface area contributed by atoms with E-state index in [0.29, 0.717) is 12.4 Å². The number of para-hydroxylation sites is 1. The van der Waals surface area contributed by atoms with Gasteiger partial charge < -0.3 is 9.47 Å². The Morgan fingerprint density at radius 3 is 2.69 bits per heavy atom. The van der Waals surface area contributed by atoms with E-state index in [-0.39, 0.29) is 11.8 Å². The first-order valence-electron chi connectivity index (χ1n) is 5.10. The van der Waals surface area contributed by atoms with E-state index in [1.165, 1.54) is 0 Å². The van der Waals surface area contributed by atoms with Crippen LogP contribution in [0.1, 0.15) is 18.4 Å². The van der Waals surface area contributed by atoms with E-state index in [0.717, 1.165) is 5.56 Å². The van der Waals surface area contributed by atoms with Gasteiger partial charge in [-0.3, -0.25) is 4.79 Å². The van der Waals surface area contributed by atoms with Gasteiger partial charge in [0.2, 0.25) is 0 Å². The van der Waals surface area contributed by atoms with Gasteiger partial charge in [-0.15, -0.1) is 11.6 Å². The van der Waals surface area contributed by atoms with Crippen LogP contribution < -0.4 is 4.74 Å². The molecule has 0 heterocycles. The highest BCUT2D eigenvalue weighted by Gasteiger charge is 2.23. The molecule has 88 valence electrons. The third kappa shape index (κ3) is 2.89. The molecule has 0 saturated carbocycles. The average Bonchev–Trinajstić information content (AvgIpc) is 2.31. The Hall–Kier alpha value is -1.22. The Morgan fingerprint density at radius 1 is 1.44 bits per heavy atom. The lowest BCUT2D eigenvalue weighted by Crippen LogP contribution is -2.18. The van der Waals surface area contributed by atoms with Crippen LogP contribution in [0.3, 0.4) is 0 Å². The van der Waals surface area contributed by atoms with E-state index in [1.54, 1.807) is 20.1 Å². The summed E-state index contributed by atoms with van der Waals surface area (Å²) in [5.41, 5.74) is 0.762. The lowest BCUT2D eigenvalue weighted by Gasteiger charge is -2.15. The summed E-state index contributed by atoms with van der Waals surface area (Å²) in [6, 6.07) is 7.31. The fraction of sp³-hybridized carbons (Fsp3) is 0.417. The molecule has 0 aliphatic heterocycles. The molecule has 0 radical (unpaired) electrons. The van der Waals surface area contributed by atoms with Crippen molar-refractivity contribution in [2.24, 2.45) is 0 Å². The zero-order valence-corrected chi connectivity index (χ0v) is 10.2. The smallest absolute Gasteiger partial charge is 0.314 e. The number of hydrogen-bond acceptors (Lipinski definition) is 3. The molecule has 0 N–H and O–H groups in total. The predicted molar refractivity (Wildman–Crippen MR) is 63.1 cm³/mol. The molecule has 16 heavy (non-hydrogen) atoms. The van der Waals surface area contributed by atoms with Crippen molar-refractivity contribution in [2.75, 3.05) is 19.6 Å². The average molecular weight is 243 g/mol. The number of carbonyl (C=O) groups excluding carboxylic acids is 1. The molecule has 1 atom stereocenters. The Morgan fingerprint density at radius 2 is 2.12 bits per heavy atom. The van der Waals surface area contributed by atoms with E-state index >= 15 is 0 Å². The van der Waals surface area contributed by atoms with Gasteiger partial charge in [0, 0.05) is 11.4 Å². The molecule has 0 bridgehead atoms. The molecule has 4 heteroatoms. The van der Waals surface area contributed by atoms with Gasteiger partial charge in [0.1, 0.15) is 5.75 Å². The van der Waals surface area contributed by atoms with Crippen molar-refractivity contribution in [3.8, 4) is 5.75 Å². The molecule has 1 rings (SSSR count). The normalized spacial score (nSPS) is 11.9. The van der Waals surface area contributed by atoms with Gasteiger partial charge in [0.05, 0.1) is 19.6 Å². The number of rotatable bonds is 5. The standard InChI is InChI=1S/C12H15ClO3/c1-3-16-12(14)10(8-13)9-6-4-5-7-11(9)15-2/h4-7,10H,3,8H2,1-2H3. The Balaban J connectivity index is 2.98. The molecule has 0 amide bonds. The van der Waals surface area contributed by atoms with Gasteiger partial charge >= 0.3 is 5.97 Å². The maximum Gasteiger partial charge on any atom is 0.314 e. The van der Waals surface area contributed by atoms with Gasteiger partial charge in [-0.25, -0.2) is 0 Å². The number of esters is 1. The first kappa shape index (κ1) is 12.8. The van der Waals surface area contributed by atoms with Crippen molar-refractivity contribution in [3.63, 3.8) is 0 Å². The summed E-state index contributed by atoms with van der Waals surface area (Å²) in [6.45, 7) is 2.12. The topological polar surface area (TPSA) is 35.5 Å². The minimum absolute atomic E-state index is 0.180. The van der Waals surface area contributed by atoms with Crippen LogP contribution in [0.5, 0.6) is 5.75 Å². The lowest BCUT2D eigenvalue weighted by molar-refractivity contribution is -0.144. The van der Waals surface area contributed by atoms with Crippen molar-refractivity contribution in [1.82, 2.24) is 0 Å². The number of hydrogen-bond donors (Lipinski definition) is 0. The summed E-state index contributed by atoms with van der Waals surface area (Å²) in [6.07, 6.45) is 0. The molecule has 3 nitrogen and oxygen atoms in total. The number of carbonyl (C=O) groups is 1. The van der Waals surface area contributed by atoms with E-state index in [1.807, 2.05) is 18.2 Å². The third-order valence-corrected chi connectivity index (χ3v) is 2.55. The van der Waals surface area contributed by atoms with Crippen molar-refractivity contribution < 1.29 is 14.3 Å². The largest absolute Gasteiger partial charge is 0.496 e. The lowest BCUT2D eigenvalue weighted by atomic mass is 10.0. The number of benzene rings is 1. The second kappa shape index (κ2) is 6.38. The second-order valence-electron chi connectivity index (χ2n) is 3.20. The summed E-state index contributed by atoms with van der Waals surface area (Å²) < 4.78 is 10.2. The van der Waals surface area contributed by atoms with Crippen LogP contribution in [0.4, 0.5) is 0 Å². The Kier molecular flexibility index (Phi) is 5.12. The minimum atomic E-state index is -0.474. The van der Waals surface area contributed by atoms with E-state index in [4.69, 9.17) is 21.1 Å². The highest BCUT2D eigenvalue weighted by Crippen LogP contribution is 2.28. The van der Waals surface area contributed by atoms with E-state index in [2.05, 4.69) is 0 Å². The Bertz CT molecular complexity index is 352. The van der Waals surface area contributed by atoms with Crippen LogP contribution in [0, 0.1) is 0 Å². The summed E-state index contributed by atoms with van der Waals surface area (Å²) in [7, 11) is 1.56. The monoisotopic (exact) mass is 242 g/mol. The fourth-order valence-electron chi connectivity index (χ4n) is 1.47. The van der Waals surface area contributed by atoms with Crippen LogP contribution in [0.2, 0.25) is 0 Å². The Labute approximate surface area is 100 Å². The van der Waals surface area contributed by atoms with Gasteiger partial charge in [-0.1, -0.05) is 18.2 Å². The molecule has 1 aromatic carbocycles. The van der Waals surface area contributed by atoms with E-state index < -0.39 is 5.92 Å².